The van der Waals surface area contributed by atoms with Crippen LogP contribution >= 0.6 is 0 Å². The van der Waals surface area contributed by atoms with Crippen LogP contribution in [0, 0.1) is 11.5 Å². The van der Waals surface area contributed by atoms with E-state index in [1.54, 1.807) is 0 Å². The summed E-state index contributed by atoms with van der Waals surface area (Å²) in [6, 6.07) is 0. The summed E-state index contributed by atoms with van der Waals surface area (Å²) in [4.78, 5) is 11.2. The second-order valence-electron chi connectivity index (χ2n) is 6.23. The highest BCUT2D eigenvalue weighted by atomic mass is 28.3. The minimum absolute atomic E-state index is 0.249. The SMILES string of the molecule is CC(C)[Si](C#C[C@H]1CC=CC(=O)O1)(C(C)C)C(C)C. The van der Waals surface area contributed by atoms with Gasteiger partial charge in [0.2, 0.25) is 0 Å². The monoisotopic (exact) mass is 278 g/mol. The number of hydrogen-bond donors (Lipinski definition) is 0. The van der Waals surface area contributed by atoms with Gasteiger partial charge in [-0.1, -0.05) is 53.5 Å². The highest BCUT2D eigenvalue weighted by Gasteiger charge is 2.41. The molecule has 0 N–H and O–H groups in total. The molecule has 106 valence electrons. The Morgan fingerprint density at radius 3 is 2.11 bits per heavy atom. The number of ether oxygens (including phenoxy) is 1. The summed E-state index contributed by atoms with van der Waals surface area (Å²) >= 11 is 0. The lowest BCUT2D eigenvalue weighted by molar-refractivity contribution is -0.141. The zero-order chi connectivity index (χ0) is 14.6. The first-order chi connectivity index (χ1) is 8.80. The van der Waals surface area contributed by atoms with Crippen molar-refractivity contribution in [2.75, 3.05) is 0 Å². The van der Waals surface area contributed by atoms with Gasteiger partial charge in [0.05, 0.1) is 0 Å². The molecule has 1 rings (SSSR count). The summed E-state index contributed by atoms with van der Waals surface area (Å²) in [5.41, 5.74) is 5.42. The van der Waals surface area contributed by atoms with Crippen LogP contribution in [0.25, 0.3) is 0 Å². The van der Waals surface area contributed by atoms with Crippen LogP contribution in [0.15, 0.2) is 12.2 Å². The molecule has 0 aromatic heterocycles. The summed E-state index contributed by atoms with van der Waals surface area (Å²) < 4.78 is 5.24. The third-order valence-electron chi connectivity index (χ3n) is 4.18. The average molecular weight is 278 g/mol. The third-order valence-corrected chi connectivity index (χ3v) is 10.5. The van der Waals surface area contributed by atoms with Crippen molar-refractivity contribution in [1.82, 2.24) is 0 Å². The van der Waals surface area contributed by atoms with Crippen molar-refractivity contribution in [2.45, 2.75) is 70.7 Å². The largest absolute Gasteiger partial charge is 0.446 e. The van der Waals surface area contributed by atoms with Gasteiger partial charge in [0.1, 0.15) is 8.07 Å². The van der Waals surface area contributed by atoms with E-state index >= 15 is 0 Å². The quantitative estimate of drug-likeness (QED) is 0.442. The average Bonchev–Trinajstić information content (AvgIpc) is 2.28. The summed E-state index contributed by atoms with van der Waals surface area (Å²) in [5.74, 6) is 2.99. The lowest BCUT2D eigenvalue weighted by atomic mass is 10.2. The molecule has 1 aliphatic heterocycles. The van der Waals surface area contributed by atoms with Crippen molar-refractivity contribution in [3.63, 3.8) is 0 Å². The van der Waals surface area contributed by atoms with E-state index in [9.17, 15) is 4.79 Å². The van der Waals surface area contributed by atoms with Gasteiger partial charge < -0.3 is 4.74 Å². The second-order valence-corrected chi connectivity index (χ2v) is 11.8. The Kier molecular flexibility index (Phi) is 5.43. The Morgan fingerprint density at radius 1 is 1.16 bits per heavy atom. The van der Waals surface area contributed by atoms with Gasteiger partial charge in [-0.3, -0.25) is 0 Å². The van der Waals surface area contributed by atoms with Crippen LogP contribution in [-0.2, 0) is 9.53 Å². The minimum Gasteiger partial charge on any atom is -0.446 e. The highest BCUT2D eigenvalue weighted by molar-refractivity contribution is 6.90. The van der Waals surface area contributed by atoms with Gasteiger partial charge in [-0.05, 0) is 16.6 Å². The Balaban J connectivity index is 3.02. The molecule has 0 amide bonds. The number of hydrogen-bond acceptors (Lipinski definition) is 2. The van der Waals surface area contributed by atoms with E-state index in [1.807, 2.05) is 6.08 Å². The van der Waals surface area contributed by atoms with E-state index in [4.69, 9.17) is 4.74 Å². The summed E-state index contributed by atoms with van der Waals surface area (Å²) in [6.07, 6.45) is 3.81. The first kappa shape index (κ1) is 16.0. The van der Waals surface area contributed by atoms with E-state index in [0.29, 0.717) is 16.6 Å². The molecule has 2 nitrogen and oxygen atoms in total. The Bertz CT molecular complexity index is 388. The van der Waals surface area contributed by atoms with Gasteiger partial charge in [0, 0.05) is 12.5 Å². The maximum atomic E-state index is 11.2. The molecule has 0 unspecified atom stereocenters. The van der Waals surface area contributed by atoms with Gasteiger partial charge in [0.15, 0.2) is 6.10 Å². The predicted octanol–water partition coefficient (Wildman–Crippen LogP) is 4.08. The molecule has 0 bridgehead atoms. The summed E-state index contributed by atoms with van der Waals surface area (Å²) in [5, 5.41) is 0. The van der Waals surface area contributed by atoms with Crippen molar-refractivity contribution in [1.29, 1.82) is 0 Å². The molecule has 0 aromatic rings. The molecule has 0 saturated heterocycles. The van der Waals surface area contributed by atoms with Crippen LogP contribution in [0.5, 0.6) is 0 Å². The maximum Gasteiger partial charge on any atom is 0.331 e. The normalized spacial score (nSPS) is 19.6. The van der Waals surface area contributed by atoms with Crippen molar-refractivity contribution >= 4 is 14.0 Å². The van der Waals surface area contributed by atoms with Crippen molar-refractivity contribution in [3.8, 4) is 11.5 Å². The Morgan fingerprint density at radius 2 is 1.68 bits per heavy atom. The minimum atomic E-state index is -1.71. The summed E-state index contributed by atoms with van der Waals surface area (Å²) in [6.45, 7) is 13.7. The van der Waals surface area contributed by atoms with Crippen molar-refractivity contribution in [3.05, 3.63) is 12.2 Å². The van der Waals surface area contributed by atoms with Crippen LogP contribution in [-0.4, -0.2) is 20.1 Å². The molecule has 0 aliphatic carbocycles. The van der Waals surface area contributed by atoms with E-state index in [-0.39, 0.29) is 12.1 Å². The van der Waals surface area contributed by atoms with Crippen molar-refractivity contribution in [2.24, 2.45) is 0 Å². The first-order valence-corrected chi connectivity index (χ1v) is 9.43. The van der Waals surface area contributed by atoms with E-state index in [0.717, 1.165) is 6.42 Å². The molecule has 19 heavy (non-hydrogen) atoms. The van der Waals surface area contributed by atoms with E-state index < -0.39 is 8.07 Å². The van der Waals surface area contributed by atoms with Crippen LogP contribution in [0.1, 0.15) is 48.0 Å². The number of esters is 1. The first-order valence-electron chi connectivity index (χ1n) is 7.20. The van der Waals surface area contributed by atoms with Crippen LogP contribution in [0.3, 0.4) is 0 Å². The standard InChI is InChI=1S/C16H26O2Si/c1-12(2)19(13(3)4,14(5)6)11-10-15-8-7-9-16(17)18-15/h7,9,12-15H,8H2,1-6H3/t15-/m1/s1. The number of rotatable bonds is 3. The highest BCUT2D eigenvalue weighted by Crippen LogP contribution is 2.40. The van der Waals surface area contributed by atoms with Gasteiger partial charge in [-0.15, -0.1) is 5.54 Å². The zero-order valence-corrected chi connectivity index (χ0v) is 14.0. The molecule has 0 radical (unpaired) electrons. The fourth-order valence-corrected chi connectivity index (χ4v) is 8.52. The Labute approximate surface area is 118 Å². The lowest BCUT2D eigenvalue weighted by Crippen LogP contribution is -2.43. The van der Waals surface area contributed by atoms with Crippen molar-refractivity contribution < 1.29 is 9.53 Å². The number of carbonyl (C=O) groups excluding carboxylic acids is 1. The molecular formula is C16H26O2Si. The predicted molar refractivity (Wildman–Crippen MR) is 82.5 cm³/mol. The molecule has 0 saturated carbocycles. The zero-order valence-electron chi connectivity index (χ0n) is 13.0. The van der Waals surface area contributed by atoms with Gasteiger partial charge >= 0.3 is 5.97 Å². The fourth-order valence-electron chi connectivity index (χ4n) is 3.24. The molecule has 1 heterocycles. The maximum absolute atomic E-state index is 11.2. The topological polar surface area (TPSA) is 26.3 Å². The lowest BCUT2D eigenvalue weighted by Gasteiger charge is -2.38. The molecule has 0 aromatic carbocycles. The second kappa shape index (κ2) is 6.43. The van der Waals surface area contributed by atoms with Crippen LogP contribution in [0.4, 0.5) is 0 Å². The molecular weight excluding hydrogens is 252 g/mol. The summed E-state index contributed by atoms with van der Waals surface area (Å²) in [7, 11) is -1.71. The third kappa shape index (κ3) is 3.51. The van der Waals surface area contributed by atoms with Gasteiger partial charge in [-0.2, -0.15) is 0 Å². The van der Waals surface area contributed by atoms with Crippen LogP contribution < -0.4 is 0 Å². The number of carbonyl (C=O) groups is 1. The molecule has 0 spiro atoms. The van der Waals surface area contributed by atoms with Gasteiger partial charge in [-0.25, -0.2) is 4.79 Å². The number of cyclic esters (lactones) is 1. The fraction of sp³-hybridized carbons (Fsp3) is 0.688. The van der Waals surface area contributed by atoms with E-state index in [1.165, 1.54) is 6.08 Å². The van der Waals surface area contributed by atoms with Gasteiger partial charge in [0.25, 0.3) is 0 Å². The van der Waals surface area contributed by atoms with E-state index in [2.05, 4.69) is 53.0 Å². The molecule has 1 aliphatic rings. The van der Waals surface area contributed by atoms with Crippen LogP contribution in [0.2, 0.25) is 16.6 Å². The Hall–Kier alpha value is -1.01. The molecule has 0 fully saturated rings. The smallest absolute Gasteiger partial charge is 0.331 e. The molecule has 3 heteroatoms. The molecule has 1 atom stereocenters.